The van der Waals surface area contributed by atoms with Crippen molar-refractivity contribution in [3.63, 3.8) is 0 Å². The van der Waals surface area contributed by atoms with Crippen LogP contribution in [-0.4, -0.2) is 30.6 Å². The lowest BCUT2D eigenvalue weighted by molar-refractivity contribution is -0.922. The first-order valence-corrected chi connectivity index (χ1v) is 9.65. The van der Waals surface area contributed by atoms with Gasteiger partial charge in [0.2, 0.25) is 0 Å². The highest BCUT2D eigenvalue weighted by Gasteiger charge is 2.22. The average Bonchev–Trinajstić information content (AvgIpc) is 2.63. The lowest BCUT2D eigenvalue weighted by Crippen LogP contribution is -3.12. The Kier molecular flexibility index (Phi) is 5.77. The summed E-state index contributed by atoms with van der Waals surface area (Å²) in [6.07, 6.45) is 3.27. The Morgan fingerprint density at radius 3 is 2.92 bits per heavy atom. The monoisotopic (exact) mass is 357 g/mol. The number of ether oxygens (including phenoxy) is 1. The number of piperidine rings is 1. The number of carbonyl (C=O) groups is 1. The van der Waals surface area contributed by atoms with Crippen LogP contribution in [0.5, 0.6) is 0 Å². The molecule has 0 spiro atoms. The van der Waals surface area contributed by atoms with Gasteiger partial charge in [-0.2, -0.15) is 0 Å². The van der Waals surface area contributed by atoms with Gasteiger partial charge in [0.05, 0.1) is 30.8 Å². The van der Waals surface area contributed by atoms with Crippen molar-refractivity contribution in [3.8, 4) is 0 Å². The highest BCUT2D eigenvalue weighted by molar-refractivity contribution is 5.94. The van der Waals surface area contributed by atoms with Crippen molar-refractivity contribution in [1.29, 1.82) is 0 Å². The second kappa shape index (κ2) is 8.04. The molecular formula is C21H29N2O3+. The first-order valence-electron chi connectivity index (χ1n) is 9.65. The molecule has 1 aliphatic rings. The lowest BCUT2D eigenvalue weighted by atomic mass is 9.99. The number of likely N-dealkylation sites (tertiary alicyclic amines) is 1. The number of benzene rings is 1. The number of rotatable bonds is 5. The normalized spacial score (nSPS) is 20.3. The minimum atomic E-state index is -0.370. The van der Waals surface area contributed by atoms with Gasteiger partial charge in [-0.05, 0) is 44.4 Å². The Hall–Kier alpha value is -2.14. The average molecular weight is 357 g/mol. The predicted molar refractivity (Wildman–Crippen MR) is 103 cm³/mol. The van der Waals surface area contributed by atoms with Crippen LogP contribution in [0.4, 0.5) is 0 Å². The molecule has 1 aromatic carbocycles. The standard InChI is InChI=1S/C21H28N2O3/c1-4-10-26-21(25)16-7-8-19-17(11-16)20(24)18(15(3)22-19)13-23-9-5-6-14(2)12-23/h7-8,11,14H,4-6,9-10,12-13H2,1-3H3,(H,22,24)/p+1/t14-/m0/s1. The maximum atomic E-state index is 13.1. The molecule has 0 radical (unpaired) electrons. The van der Waals surface area contributed by atoms with Gasteiger partial charge in [-0.25, -0.2) is 4.79 Å². The predicted octanol–water partition coefficient (Wildman–Crippen LogP) is 2.22. The highest BCUT2D eigenvalue weighted by atomic mass is 16.5. The number of aromatic nitrogens is 1. The van der Waals surface area contributed by atoms with Crippen LogP contribution in [0, 0.1) is 12.8 Å². The number of hydrogen-bond donors (Lipinski definition) is 2. The molecular weight excluding hydrogens is 328 g/mol. The summed E-state index contributed by atoms with van der Waals surface area (Å²) in [5.41, 5.74) is 3.00. The van der Waals surface area contributed by atoms with E-state index < -0.39 is 0 Å². The zero-order chi connectivity index (χ0) is 18.7. The Balaban J connectivity index is 1.94. The zero-order valence-corrected chi connectivity index (χ0v) is 16.0. The van der Waals surface area contributed by atoms with E-state index in [2.05, 4.69) is 11.9 Å². The Bertz CT molecular complexity index is 856. The second-order valence-electron chi connectivity index (χ2n) is 7.58. The van der Waals surface area contributed by atoms with Crippen LogP contribution in [0.2, 0.25) is 0 Å². The Morgan fingerprint density at radius 2 is 2.19 bits per heavy atom. The van der Waals surface area contributed by atoms with E-state index in [1.54, 1.807) is 18.2 Å². The topological polar surface area (TPSA) is 63.6 Å². The van der Waals surface area contributed by atoms with Gasteiger partial charge < -0.3 is 14.6 Å². The van der Waals surface area contributed by atoms with E-state index >= 15 is 0 Å². The minimum absolute atomic E-state index is 0.0344. The van der Waals surface area contributed by atoms with Crippen LogP contribution >= 0.6 is 0 Å². The Morgan fingerprint density at radius 1 is 1.38 bits per heavy atom. The SMILES string of the molecule is CCCOC(=O)c1ccc2[nH]c(C)c(C[NH+]3CCC[C@H](C)C3)c(=O)c2c1. The minimum Gasteiger partial charge on any atom is -0.462 e. The lowest BCUT2D eigenvalue weighted by Gasteiger charge is -2.28. The van der Waals surface area contributed by atoms with Crippen molar-refractivity contribution < 1.29 is 14.4 Å². The molecule has 2 atom stereocenters. The number of quaternary nitrogens is 1. The molecule has 1 fully saturated rings. The van der Waals surface area contributed by atoms with Gasteiger partial charge in [-0.1, -0.05) is 13.8 Å². The third kappa shape index (κ3) is 3.98. The van der Waals surface area contributed by atoms with Gasteiger partial charge in [-0.15, -0.1) is 0 Å². The van der Waals surface area contributed by atoms with Crippen molar-refractivity contribution >= 4 is 16.9 Å². The largest absolute Gasteiger partial charge is 0.462 e. The molecule has 1 saturated heterocycles. The third-order valence-corrected chi connectivity index (χ3v) is 5.28. The molecule has 2 heterocycles. The molecule has 1 aromatic heterocycles. The fourth-order valence-corrected chi connectivity index (χ4v) is 3.88. The van der Waals surface area contributed by atoms with E-state index in [0.717, 1.165) is 42.8 Å². The quantitative estimate of drug-likeness (QED) is 0.807. The molecule has 1 unspecified atom stereocenters. The molecule has 0 amide bonds. The first-order chi connectivity index (χ1) is 12.5. The summed E-state index contributed by atoms with van der Waals surface area (Å²) in [7, 11) is 0. The van der Waals surface area contributed by atoms with Crippen molar-refractivity contribution in [3.05, 3.63) is 45.2 Å². The summed E-state index contributed by atoms with van der Waals surface area (Å²) in [4.78, 5) is 30.0. The number of pyridine rings is 1. The number of fused-ring (bicyclic) bond motifs is 1. The maximum absolute atomic E-state index is 13.1. The number of esters is 1. The van der Waals surface area contributed by atoms with E-state index in [1.165, 1.54) is 17.7 Å². The van der Waals surface area contributed by atoms with Crippen LogP contribution in [0.3, 0.4) is 0 Å². The molecule has 140 valence electrons. The van der Waals surface area contributed by atoms with E-state index in [0.29, 0.717) is 23.5 Å². The van der Waals surface area contributed by atoms with Crippen LogP contribution in [0.1, 0.15) is 54.7 Å². The van der Waals surface area contributed by atoms with Crippen LogP contribution in [-0.2, 0) is 11.3 Å². The smallest absolute Gasteiger partial charge is 0.338 e. The van der Waals surface area contributed by atoms with Gasteiger partial charge >= 0.3 is 5.97 Å². The van der Waals surface area contributed by atoms with Gasteiger partial charge in [-0.3, -0.25) is 4.79 Å². The van der Waals surface area contributed by atoms with Crippen LogP contribution in [0.25, 0.3) is 10.9 Å². The number of hydrogen-bond acceptors (Lipinski definition) is 3. The zero-order valence-electron chi connectivity index (χ0n) is 16.0. The first kappa shape index (κ1) is 18.6. The number of aryl methyl sites for hydroxylation is 1. The summed E-state index contributed by atoms with van der Waals surface area (Å²) < 4.78 is 5.20. The van der Waals surface area contributed by atoms with Crippen molar-refractivity contribution in [2.75, 3.05) is 19.7 Å². The molecule has 2 aromatic rings. The fourth-order valence-electron chi connectivity index (χ4n) is 3.88. The maximum Gasteiger partial charge on any atom is 0.338 e. The van der Waals surface area contributed by atoms with Gasteiger partial charge in [0.25, 0.3) is 0 Å². The van der Waals surface area contributed by atoms with Crippen LogP contribution in [0.15, 0.2) is 23.0 Å². The van der Waals surface area contributed by atoms with E-state index in [-0.39, 0.29) is 11.4 Å². The number of nitrogens with one attached hydrogen (secondary N) is 2. The number of carbonyl (C=O) groups excluding carboxylic acids is 1. The summed E-state index contributed by atoms with van der Waals surface area (Å²) in [6, 6.07) is 5.18. The molecule has 1 aliphatic heterocycles. The second-order valence-corrected chi connectivity index (χ2v) is 7.58. The molecule has 5 heteroatoms. The van der Waals surface area contributed by atoms with Gasteiger partial charge in [0.15, 0.2) is 5.43 Å². The van der Waals surface area contributed by atoms with E-state index in [4.69, 9.17) is 4.74 Å². The molecule has 0 saturated carbocycles. The molecule has 2 N–H and O–H groups in total. The molecule has 0 aliphatic carbocycles. The fraction of sp³-hybridized carbons (Fsp3) is 0.524. The van der Waals surface area contributed by atoms with Crippen molar-refractivity contribution in [2.45, 2.75) is 46.6 Å². The molecule has 5 nitrogen and oxygen atoms in total. The number of H-pyrrole nitrogens is 1. The van der Waals surface area contributed by atoms with Gasteiger partial charge in [0.1, 0.15) is 6.54 Å². The Labute approximate surface area is 154 Å². The van der Waals surface area contributed by atoms with E-state index in [1.807, 2.05) is 13.8 Å². The summed E-state index contributed by atoms with van der Waals surface area (Å²) in [5, 5.41) is 0.570. The van der Waals surface area contributed by atoms with Crippen molar-refractivity contribution in [2.24, 2.45) is 5.92 Å². The summed E-state index contributed by atoms with van der Waals surface area (Å²) in [5.74, 6) is 0.337. The van der Waals surface area contributed by atoms with Crippen molar-refractivity contribution in [1.82, 2.24) is 4.98 Å². The molecule has 3 rings (SSSR count). The van der Waals surface area contributed by atoms with Gasteiger partial charge in [0, 0.05) is 22.5 Å². The third-order valence-electron chi connectivity index (χ3n) is 5.28. The number of aromatic amines is 1. The molecule has 26 heavy (non-hydrogen) atoms. The highest BCUT2D eigenvalue weighted by Crippen LogP contribution is 2.15. The summed E-state index contributed by atoms with van der Waals surface area (Å²) >= 11 is 0. The van der Waals surface area contributed by atoms with E-state index in [9.17, 15) is 9.59 Å². The molecule has 0 bridgehead atoms. The summed E-state index contributed by atoms with van der Waals surface area (Å²) in [6.45, 7) is 9.56. The van der Waals surface area contributed by atoms with Crippen LogP contribution < -0.4 is 10.3 Å².